The van der Waals surface area contributed by atoms with Crippen molar-refractivity contribution in [1.29, 1.82) is 5.26 Å². The van der Waals surface area contributed by atoms with Gasteiger partial charge in [0.2, 0.25) is 11.1 Å². The summed E-state index contributed by atoms with van der Waals surface area (Å²) >= 11 is 1.01. The Kier molecular flexibility index (Phi) is 4.47. The second kappa shape index (κ2) is 6.13. The van der Waals surface area contributed by atoms with Crippen LogP contribution in [0.15, 0.2) is 9.95 Å². The minimum absolute atomic E-state index is 0.0256. The van der Waals surface area contributed by atoms with Crippen molar-refractivity contribution in [2.75, 3.05) is 11.6 Å². The number of amides is 1. The first kappa shape index (κ1) is 15.3. The third-order valence-electron chi connectivity index (χ3n) is 3.40. The van der Waals surface area contributed by atoms with Crippen molar-refractivity contribution in [3.8, 4) is 6.07 Å². The van der Waals surface area contributed by atoms with Crippen LogP contribution in [0.1, 0.15) is 31.4 Å². The van der Waals surface area contributed by atoms with Gasteiger partial charge in [-0.2, -0.15) is 9.94 Å². The van der Waals surface area contributed by atoms with Gasteiger partial charge in [0, 0.05) is 0 Å². The molecule has 21 heavy (non-hydrogen) atoms. The van der Waals surface area contributed by atoms with Crippen molar-refractivity contribution in [3.63, 3.8) is 0 Å². The number of aryl methyl sites for hydroxylation is 1. The van der Waals surface area contributed by atoms with Gasteiger partial charge in [-0.3, -0.25) is 9.59 Å². The molecule has 1 aliphatic carbocycles. The number of nitrogens with one attached hydrogen (secondary N) is 1. The average Bonchev–Trinajstić information content (AvgIpc) is 2.93. The third kappa shape index (κ3) is 3.33. The van der Waals surface area contributed by atoms with E-state index in [1.807, 2.05) is 0 Å². The molecular weight excluding hydrogens is 292 g/mol. The summed E-state index contributed by atoms with van der Waals surface area (Å²) in [6.07, 6.45) is 3.22. The van der Waals surface area contributed by atoms with Crippen LogP contribution in [0.5, 0.6) is 0 Å². The molecular formula is C12H16N6O2S. The van der Waals surface area contributed by atoms with Crippen molar-refractivity contribution in [2.24, 2.45) is 0 Å². The van der Waals surface area contributed by atoms with Crippen molar-refractivity contribution < 1.29 is 4.79 Å². The number of hydrogen-bond donors (Lipinski definition) is 2. The Bertz CT molecular complexity index is 644. The number of nitrogens with zero attached hydrogens (tertiary/aromatic N) is 4. The smallest absolute Gasteiger partial charge is 0.294 e. The molecule has 112 valence electrons. The molecule has 1 amide bonds. The normalized spacial score (nSPS) is 16.4. The van der Waals surface area contributed by atoms with E-state index < -0.39 is 11.1 Å². The third-order valence-corrected chi connectivity index (χ3v) is 4.35. The molecule has 1 fully saturated rings. The number of thioether (sulfide) groups is 1. The Labute approximate surface area is 125 Å². The summed E-state index contributed by atoms with van der Waals surface area (Å²) in [7, 11) is 0. The molecule has 3 N–H and O–H groups in total. The summed E-state index contributed by atoms with van der Waals surface area (Å²) in [6, 6.07) is 2.19. The van der Waals surface area contributed by atoms with Crippen LogP contribution in [-0.2, 0) is 4.79 Å². The van der Waals surface area contributed by atoms with E-state index in [0.717, 1.165) is 29.3 Å². The van der Waals surface area contributed by atoms with E-state index in [0.29, 0.717) is 12.8 Å². The summed E-state index contributed by atoms with van der Waals surface area (Å²) in [5.41, 5.74) is -1.00. The lowest BCUT2D eigenvalue weighted by Crippen LogP contribution is -2.46. The summed E-state index contributed by atoms with van der Waals surface area (Å²) in [6.45, 7) is 1.51. The molecule has 9 heteroatoms. The lowest BCUT2D eigenvalue weighted by atomic mass is 10.0. The molecule has 0 spiro atoms. The Morgan fingerprint density at radius 2 is 2.19 bits per heavy atom. The van der Waals surface area contributed by atoms with Crippen LogP contribution in [0.2, 0.25) is 0 Å². The quantitative estimate of drug-likeness (QED) is 0.577. The zero-order chi connectivity index (χ0) is 15.5. The van der Waals surface area contributed by atoms with E-state index in [4.69, 9.17) is 5.84 Å². The van der Waals surface area contributed by atoms with Crippen LogP contribution in [0.25, 0.3) is 0 Å². The van der Waals surface area contributed by atoms with Gasteiger partial charge in [0.25, 0.3) is 5.56 Å². The molecule has 0 radical (unpaired) electrons. The molecule has 1 aromatic heterocycles. The number of nitrogen functional groups attached to an aromatic ring is 1. The molecule has 1 heterocycles. The summed E-state index contributed by atoms with van der Waals surface area (Å²) in [5, 5.41) is 19.6. The number of rotatable bonds is 4. The van der Waals surface area contributed by atoms with Gasteiger partial charge < -0.3 is 11.2 Å². The van der Waals surface area contributed by atoms with Gasteiger partial charge in [-0.05, 0) is 32.6 Å². The number of carbonyl (C=O) groups is 1. The standard InChI is InChI=1S/C12H16N6O2S/c1-8-10(20)18(14)11(17-16-8)21-6-9(19)15-12(7-13)4-2-3-5-12/h2-6,14H2,1H3,(H,15,19). The van der Waals surface area contributed by atoms with E-state index in [1.54, 1.807) is 0 Å². The van der Waals surface area contributed by atoms with E-state index >= 15 is 0 Å². The van der Waals surface area contributed by atoms with Crippen LogP contribution < -0.4 is 16.7 Å². The van der Waals surface area contributed by atoms with E-state index in [-0.39, 0.29) is 22.5 Å². The number of hydrogen-bond acceptors (Lipinski definition) is 7. The van der Waals surface area contributed by atoms with E-state index in [9.17, 15) is 14.9 Å². The molecule has 0 bridgehead atoms. The lowest BCUT2D eigenvalue weighted by Gasteiger charge is -2.21. The maximum Gasteiger partial charge on any atom is 0.294 e. The van der Waals surface area contributed by atoms with Crippen LogP contribution in [0.3, 0.4) is 0 Å². The minimum Gasteiger partial charge on any atom is -0.337 e. The fourth-order valence-corrected chi connectivity index (χ4v) is 2.90. The topological polar surface area (TPSA) is 127 Å². The van der Waals surface area contributed by atoms with E-state index in [1.165, 1.54) is 6.92 Å². The molecule has 0 unspecified atom stereocenters. The lowest BCUT2D eigenvalue weighted by molar-refractivity contribution is -0.119. The highest BCUT2D eigenvalue weighted by Crippen LogP contribution is 2.29. The first-order valence-electron chi connectivity index (χ1n) is 6.54. The summed E-state index contributed by atoms with van der Waals surface area (Å²) < 4.78 is 0.871. The molecule has 0 aliphatic heterocycles. The Hall–Kier alpha value is -2.08. The minimum atomic E-state index is -0.751. The van der Waals surface area contributed by atoms with Crippen LogP contribution in [-0.4, -0.2) is 32.1 Å². The van der Waals surface area contributed by atoms with Crippen molar-refractivity contribution in [1.82, 2.24) is 20.2 Å². The van der Waals surface area contributed by atoms with E-state index in [2.05, 4.69) is 21.6 Å². The molecule has 2 rings (SSSR count). The first-order chi connectivity index (χ1) is 9.97. The van der Waals surface area contributed by atoms with Gasteiger partial charge in [0.1, 0.15) is 11.2 Å². The zero-order valence-corrected chi connectivity index (χ0v) is 12.4. The number of nitrogens with two attached hydrogens (primary N) is 1. The molecule has 1 aliphatic rings. The zero-order valence-electron chi connectivity index (χ0n) is 11.6. The highest BCUT2D eigenvalue weighted by atomic mass is 32.2. The first-order valence-corrected chi connectivity index (χ1v) is 7.52. The van der Waals surface area contributed by atoms with Crippen LogP contribution >= 0.6 is 11.8 Å². The monoisotopic (exact) mass is 308 g/mol. The second-order valence-corrected chi connectivity index (χ2v) is 5.92. The highest BCUT2D eigenvalue weighted by Gasteiger charge is 2.35. The molecule has 8 nitrogen and oxygen atoms in total. The summed E-state index contributed by atoms with van der Waals surface area (Å²) in [4.78, 5) is 23.5. The SMILES string of the molecule is Cc1nnc(SCC(=O)NC2(C#N)CCCC2)n(N)c1=O. The molecule has 0 atom stereocenters. The number of aromatic nitrogens is 3. The predicted molar refractivity (Wildman–Crippen MR) is 76.9 cm³/mol. The highest BCUT2D eigenvalue weighted by molar-refractivity contribution is 7.99. The van der Waals surface area contributed by atoms with Crippen LogP contribution in [0.4, 0.5) is 0 Å². The van der Waals surface area contributed by atoms with Gasteiger partial charge in [0.05, 0.1) is 11.8 Å². The maximum atomic E-state index is 11.9. The average molecular weight is 308 g/mol. The molecule has 0 saturated heterocycles. The molecule has 1 aromatic rings. The van der Waals surface area contributed by atoms with Crippen molar-refractivity contribution in [2.45, 2.75) is 43.3 Å². The van der Waals surface area contributed by atoms with Crippen molar-refractivity contribution in [3.05, 3.63) is 16.0 Å². The number of nitriles is 1. The fourth-order valence-electron chi connectivity index (χ4n) is 2.24. The van der Waals surface area contributed by atoms with Crippen LogP contribution in [0, 0.1) is 18.3 Å². The maximum absolute atomic E-state index is 11.9. The van der Waals surface area contributed by atoms with Gasteiger partial charge in [-0.1, -0.05) is 11.8 Å². The largest absolute Gasteiger partial charge is 0.337 e. The fraction of sp³-hybridized carbons (Fsp3) is 0.583. The Morgan fingerprint density at radius 3 is 2.81 bits per heavy atom. The van der Waals surface area contributed by atoms with Gasteiger partial charge in [0.15, 0.2) is 0 Å². The van der Waals surface area contributed by atoms with Gasteiger partial charge in [-0.25, -0.2) is 0 Å². The Balaban J connectivity index is 1.97. The Morgan fingerprint density at radius 1 is 1.52 bits per heavy atom. The molecule has 0 aromatic carbocycles. The van der Waals surface area contributed by atoms with Gasteiger partial charge >= 0.3 is 0 Å². The second-order valence-electron chi connectivity index (χ2n) is 4.98. The predicted octanol–water partition coefficient (Wildman–Crippen LogP) is -0.295. The van der Waals surface area contributed by atoms with Gasteiger partial charge in [-0.15, -0.1) is 10.2 Å². The number of carbonyl (C=O) groups excluding carboxylic acids is 1. The summed E-state index contributed by atoms with van der Waals surface area (Å²) in [5.74, 6) is 5.33. The molecule has 1 saturated carbocycles. The van der Waals surface area contributed by atoms with Crippen molar-refractivity contribution >= 4 is 17.7 Å².